The van der Waals surface area contributed by atoms with Crippen LogP contribution in [0.3, 0.4) is 0 Å². The average molecular weight is 840 g/mol. The maximum absolute atomic E-state index is 13.6. The zero-order chi connectivity index (χ0) is 44.0. The summed E-state index contributed by atoms with van der Waals surface area (Å²) in [5, 5.41) is 44.0. The number of amides is 2. The van der Waals surface area contributed by atoms with Gasteiger partial charge in [-0.15, -0.1) is 0 Å². The number of unbranched alkanes of at least 4 members (excludes halogenated alkanes) is 1. The number of carboxylic acid groups (broad SMARTS) is 4. The maximum atomic E-state index is 13.6. The number of aliphatic carboxylic acids is 4. The molecule has 0 saturated carbocycles. The second kappa shape index (κ2) is 26.0. The van der Waals surface area contributed by atoms with Gasteiger partial charge in [0.15, 0.2) is 5.78 Å². The fraction of sp³-hybridized carbons (Fsp3) is 0.548. The first-order valence-electron chi connectivity index (χ1n) is 20.4. The number of carbonyl (C=O) groups excluding carboxylic acids is 3. The van der Waals surface area contributed by atoms with E-state index >= 15 is 0 Å². The van der Waals surface area contributed by atoms with Gasteiger partial charge in [-0.25, -0.2) is 4.79 Å². The molecule has 1 aliphatic heterocycles. The number of likely N-dealkylation sites (N-methyl/N-ethyl adjacent to an activating group) is 1. The van der Waals surface area contributed by atoms with Crippen LogP contribution >= 0.6 is 0 Å². The van der Waals surface area contributed by atoms with Crippen molar-refractivity contribution in [3.05, 3.63) is 71.3 Å². The van der Waals surface area contributed by atoms with Gasteiger partial charge >= 0.3 is 23.9 Å². The third-order valence-corrected chi connectivity index (χ3v) is 10.5. The van der Waals surface area contributed by atoms with Gasteiger partial charge in [-0.2, -0.15) is 0 Å². The van der Waals surface area contributed by atoms with Gasteiger partial charge in [0, 0.05) is 70.3 Å². The Balaban J connectivity index is 1.80. The average Bonchev–Trinajstić information content (AvgIpc) is 3.20. The van der Waals surface area contributed by atoms with Crippen molar-refractivity contribution in [3.63, 3.8) is 0 Å². The summed E-state index contributed by atoms with van der Waals surface area (Å²) in [4.78, 5) is 94.6. The van der Waals surface area contributed by atoms with E-state index in [0.29, 0.717) is 65.1 Å². The van der Waals surface area contributed by atoms with E-state index in [-0.39, 0.29) is 64.0 Å². The lowest BCUT2D eigenvalue weighted by atomic mass is 9.98. The molecule has 1 heterocycles. The summed E-state index contributed by atoms with van der Waals surface area (Å²) in [6, 6.07) is 13.1. The van der Waals surface area contributed by atoms with Crippen LogP contribution in [0.5, 0.6) is 0 Å². The molecule has 330 valence electrons. The van der Waals surface area contributed by atoms with Gasteiger partial charge in [-0.1, -0.05) is 49.4 Å². The highest BCUT2D eigenvalue weighted by molar-refractivity contribution is 5.98. The Kier molecular flexibility index (Phi) is 21.3. The molecule has 18 nitrogen and oxygen atoms in total. The minimum absolute atomic E-state index is 0.152. The minimum Gasteiger partial charge on any atom is -0.480 e. The number of carboxylic acids is 4. The SMILES string of the molecule is CCN1CCN(CC(=O)O)CCN(CC(=O)O)CC(Cc2ccc(C(=O)NC(Cc3ccccc3)C(=O)CCC(=O)NC(CCCCN)C(=O)O)cc2)N(CC(=O)O)CC1. The van der Waals surface area contributed by atoms with E-state index in [0.717, 1.165) is 11.1 Å². The van der Waals surface area contributed by atoms with E-state index in [1.54, 1.807) is 46.2 Å². The molecule has 1 fully saturated rings. The zero-order valence-corrected chi connectivity index (χ0v) is 34.4. The summed E-state index contributed by atoms with van der Waals surface area (Å²) < 4.78 is 0. The van der Waals surface area contributed by atoms with Crippen molar-refractivity contribution >= 4 is 41.5 Å². The fourth-order valence-corrected chi connectivity index (χ4v) is 7.15. The molecule has 2 aromatic rings. The molecule has 8 N–H and O–H groups in total. The number of hydrogen-bond donors (Lipinski definition) is 7. The van der Waals surface area contributed by atoms with Crippen LogP contribution in [0.1, 0.15) is 60.5 Å². The third-order valence-electron chi connectivity index (χ3n) is 10.5. The van der Waals surface area contributed by atoms with Gasteiger partial charge in [0.05, 0.1) is 25.7 Å². The van der Waals surface area contributed by atoms with E-state index in [2.05, 4.69) is 15.5 Å². The predicted octanol–water partition coefficient (Wildman–Crippen LogP) is 0.482. The topological polar surface area (TPSA) is 263 Å². The second-order valence-corrected chi connectivity index (χ2v) is 15.1. The summed E-state index contributed by atoms with van der Waals surface area (Å²) in [7, 11) is 0. The van der Waals surface area contributed by atoms with Crippen molar-refractivity contribution in [3.8, 4) is 0 Å². The van der Waals surface area contributed by atoms with Crippen LogP contribution in [0.15, 0.2) is 54.6 Å². The van der Waals surface area contributed by atoms with Crippen LogP contribution in [0, 0.1) is 0 Å². The predicted molar refractivity (Wildman–Crippen MR) is 222 cm³/mol. The molecule has 0 aliphatic carbocycles. The Morgan fingerprint density at radius 3 is 1.88 bits per heavy atom. The van der Waals surface area contributed by atoms with Crippen LogP contribution in [0.2, 0.25) is 0 Å². The van der Waals surface area contributed by atoms with E-state index in [4.69, 9.17) is 5.73 Å². The molecular formula is C42H61N7O11. The molecule has 1 saturated heterocycles. The highest BCUT2D eigenvalue weighted by Crippen LogP contribution is 2.16. The van der Waals surface area contributed by atoms with Crippen molar-refractivity contribution in [2.75, 3.05) is 78.5 Å². The van der Waals surface area contributed by atoms with Crippen LogP contribution in [0.4, 0.5) is 0 Å². The molecule has 18 heteroatoms. The molecule has 2 amide bonds. The largest absolute Gasteiger partial charge is 0.480 e. The standard InChI is InChI=1S/C42H61N7O11/c1-2-46-18-19-47(27-38(52)53)20-21-48(28-39(54)55)26-33(49(23-22-46)29-40(56)57)24-31-11-13-32(14-12-31)41(58)45-35(25-30-8-4-3-5-9-30)36(50)15-16-37(51)44-34(42(59)60)10-6-7-17-43/h3-5,8-9,11-14,33-35H,2,6-7,10,15-29,43H2,1H3,(H,44,51)(H,45,58)(H,52,53)(H,54,55)(H,56,57)(H,59,60). The van der Waals surface area contributed by atoms with E-state index in [1.807, 2.05) is 30.0 Å². The molecule has 3 rings (SSSR count). The molecule has 3 atom stereocenters. The Morgan fingerprint density at radius 1 is 0.683 bits per heavy atom. The molecule has 0 radical (unpaired) electrons. The molecule has 0 aromatic heterocycles. The van der Waals surface area contributed by atoms with Crippen LogP contribution in [-0.2, 0) is 41.6 Å². The summed E-state index contributed by atoms with van der Waals surface area (Å²) >= 11 is 0. The molecule has 60 heavy (non-hydrogen) atoms. The maximum Gasteiger partial charge on any atom is 0.326 e. The lowest BCUT2D eigenvalue weighted by molar-refractivity contribution is -0.142. The Morgan fingerprint density at radius 2 is 1.28 bits per heavy atom. The molecule has 1 aliphatic rings. The minimum atomic E-state index is -1.18. The summed E-state index contributed by atoms with van der Waals surface area (Å²) in [5.41, 5.74) is 7.27. The lowest BCUT2D eigenvalue weighted by Gasteiger charge is -2.37. The van der Waals surface area contributed by atoms with Gasteiger partial charge in [-0.3, -0.25) is 43.5 Å². The van der Waals surface area contributed by atoms with Gasteiger partial charge in [0.1, 0.15) is 6.04 Å². The first-order chi connectivity index (χ1) is 28.7. The number of rotatable bonds is 23. The quantitative estimate of drug-likeness (QED) is 0.0751. The van der Waals surface area contributed by atoms with Crippen molar-refractivity contribution in [1.82, 2.24) is 30.2 Å². The highest BCUT2D eigenvalue weighted by Gasteiger charge is 2.28. The van der Waals surface area contributed by atoms with Crippen molar-refractivity contribution in [1.29, 1.82) is 0 Å². The van der Waals surface area contributed by atoms with Gasteiger partial charge < -0.3 is 41.7 Å². The summed E-state index contributed by atoms with van der Waals surface area (Å²) in [5.74, 6) is -5.82. The van der Waals surface area contributed by atoms with Crippen molar-refractivity contribution in [2.45, 2.75) is 70.0 Å². The van der Waals surface area contributed by atoms with Gasteiger partial charge in [0.2, 0.25) is 5.91 Å². The number of nitrogens with zero attached hydrogens (tertiary/aromatic N) is 4. The Hall–Kier alpha value is -5.27. The third kappa shape index (κ3) is 18.3. The van der Waals surface area contributed by atoms with Crippen molar-refractivity contribution in [2.24, 2.45) is 5.73 Å². The Labute approximate surface area is 350 Å². The summed E-state index contributed by atoms with van der Waals surface area (Å²) in [6.45, 7) is 4.81. The zero-order valence-electron chi connectivity index (χ0n) is 34.4. The van der Waals surface area contributed by atoms with E-state index in [9.17, 15) is 54.0 Å². The van der Waals surface area contributed by atoms with Gasteiger partial charge in [-0.05, 0) is 68.5 Å². The van der Waals surface area contributed by atoms with Crippen molar-refractivity contribution < 1.29 is 54.0 Å². The lowest BCUT2D eigenvalue weighted by Crippen LogP contribution is -2.53. The van der Waals surface area contributed by atoms with Crippen LogP contribution < -0.4 is 16.4 Å². The van der Waals surface area contributed by atoms with Crippen LogP contribution in [-0.4, -0.2) is 178 Å². The number of benzene rings is 2. The molecule has 0 bridgehead atoms. The summed E-state index contributed by atoms with van der Waals surface area (Å²) in [6.07, 6.45) is 1.28. The number of carbonyl (C=O) groups is 7. The smallest absolute Gasteiger partial charge is 0.326 e. The molecule has 2 aromatic carbocycles. The first-order valence-corrected chi connectivity index (χ1v) is 20.4. The number of Topliss-reactive ketones (excluding diaryl/α,β-unsaturated/α-hetero) is 1. The second-order valence-electron chi connectivity index (χ2n) is 15.1. The van der Waals surface area contributed by atoms with Gasteiger partial charge in [0.25, 0.3) is 5.91 Å². The number of ketones is 1. The van der Waals surface area contributed by atoms with E-state index in [1.165, 1.54) is 0 Å². The number of nitrogens with two attached hydrogens (primary N) is 1. The molecule has 3 unspecified atom stereocenters. The highest BCUT2D eigenvalue weighted by atomic mass is 16.4. The normalized spacial score (nSPS) is 17.3. The monoisotopic (exact) mass is 839 g/mol. The first kappa shape index (κ1) is 49.1. The van der Waals surface area contributed by atoms with Crippen LogP contribution in [0.25, 0.3) is 0 Å². The number of nitrogens with one attached hydrogen (secondary N) is 2. The molecule has 0 spiro atoms. The number of hydrogen-bond acceptors (Lipinski definition) is 12. The van der Waals surface area contributed by atoms with E-state index < -0.39 is 59.6 Å². The molecular weight excluding hydrogens is 778 g/mol. The Bertz CT molecular complexity index is 1710. The fourth-order valence-electron chi connectivity index (χ4n) is 7.15.